The fraction of sp³-hybridized carbons (Fsp3) is 0.143. The Morgan fingerprint density at radius 1 is 1.27 bits per heavy atom. The van der Waals surface area contributed by atoms with Crippen molar-refractivity contribution >= 4 is 33.3 Å². The van der Waals surface area contributed by atoms with Crippen LogP contribution in [0.3, 0.4) is 0 Å². The number of nitrogens with one attached hydrogen (secondary N) is 1. The minimum absolute atomic E-state index is 0.223. The van der Waals surface area contributed by atoms with Crippen molar-refractivity contribution in [3.05, 3.63) is 57.5 Å². The second kappa shape index (κ2) is 5.77. The molecule has 0 saturated carbocycles. The van der Waals surface area contributed by atoms with Crippen molar-refractivity contribution in [2.24, 2.45) is 0 Å². The molecular formula is C14H9F3N2OS2. The number of nitrogens with zero attached hydrogens (tertiary/aromatic N) is 1. The van der Waals surface area contributed by atoms with Crippen molar-refractivity contribution in [1.82, 2.24) is 9.97 Å². The van der Waals surface area contributed by atoms with Crippen molar-refractivity contribution < 1.29 is 13.2 Å². The molecule has 114 valence electrons. The Hall–Kier alpha value is -1.80. The summed E-state index contributed by atoms with van der Waals surface area (Å²) >= 11 is 2.50. The summed E-state index contributed by atoms with van der Waals surface area (Å²) in [7, 11) is 0. The van der Waals surface area contributed by atoms with Crippen molar-refractivity contribution in [2.75, 3.05) is 0 Å². The lowest BCUT2D eigenvalue weighted by Crippen LogP contribution is -2.09. The number of aromatic amines is 1. The van der Waals surface area contributed by atoms with Crippen molar-refractivity contribution in [3.8, 4) is 0 Å². The second-order valence-corrected chi connectivity index (χ2v) is 6.43. The Morgan fingerprint density at radius 2 is 2.09 bits per heavy atom. The Kier molecular flexibility index (Phi) is 3.96. The fourth-order valence-electron chi connectivity index (χ4n) is 1.90. The maximum atomic E-state index is 12.7. The first kappa shape index (κ1) is 15.1. The zero-order valence-electron chi connectivity index (χ0n) is 11.0. The normalized spacial score (nSPS) is 12.0. The van der Waals surface area contributed by atoms with Gasteiger partial charge in [0, 0.05) is 4.90 Å². The Bertz CT molecular complexity index is 870. The van der Waals surface area contributed by atoms with E-state index in [2.05, 4.69) is 9.97 Å². The van der Waals surface area contributed by atoms with Crippen molar-refractivity contribution in [1.29, 1.82) is 0 Å². The summed E-state index contributed by atoms with van der Waals surface area (Å²) in [5, 5.41) is 1.77. The third kappa shape index (κ3) is 3.17. The van der Waals surface area contributed by atoms with E-state index in [0.717, 1.165) is 12.1 Å². The molecule has 0 aliphatic rings. The number of aromatic nitrogens is 2. The third-order valence-corrected chi connectivity index (χ3v) is 4.81. The van der Waals surface area contributed by atoms with Gasteiger partial charge in [-0.15, -0.1) is 23.1 Å². The van der Waals surface area contributed by atoms with Crippen LogP contribution in [0.5, 0.6) is 0 Å². The molecule has 2 aromatic heterocycles. The van der Waals surface area contributed by atoms with Gasteiger partial charge >= 0.3 is 6.18 Å². The number of thiophene rings is 1. The van der Waals surface area contributed by atoms with Crippen LogP contribution in [0.1, 0.15) is 11.4 Å². The average molecular weight is 342 g/mol. The SMILES string of the molecule is O=c1[nH]c(CSc2cccc(C(F)(F)F)c2)nc2ccsc12. The number of thioether (sulfide) groups is 1. The highest BCUT2D eigenvalue weighted by atomic mass is 32.2. The van der Waals surface area contributed by atoms with Gasteiger partial charge in [0.1, 0.15) is 10.5 Å². The van der Waals surface area contributed by atoms with Crippen LogP contribution in [0, 0.1) is 0 Å². The third-order valence-electron chi connectivity index (χ3n) is 2.90. The predicted molar refractivity (Wildman–Crippen MR) is 81.2 cm³/mol. The van der Waals surface area contributed by atoms with Crippen LogP contribution >= 0.6 is 23.1 Å². The fourth-order valence-corrected chi connectivity index (χ4v) is 3.45. The zero-order chi connectivity index (χ0) is 15.7. The first-order chi connectivity index (χ1) is 10.4. The number of hydrogen-bond donors (Lipinski definition) is 1. The van der Waals surface area contributed by atoms with Crippen LogP contribution in [-0.2, 0) is 11.9 Å². The maximum Gasteiger partial charge on any atom is 0.416 e. The lowest BCUT2D eigenvalue weighted by Gasteiger charge is -2.08. The standard InChI is InChI=1S/C14H9F3N2OS2/c15-14(16,17)8-2-1-3-9(6-8)22-7-11-18-10-4-5-21-12(10)13(20)19-11/h1-6H,7H2,(H,18,19,20). The molecule has 1 aromatic carbocycles. The highest BCUT2D eigenvalue weighted by molar-refractivity contribution is 7.98. The Balaban J connectivity index is 1.80. The predicted octanol–water partition coefficient (Wildman–Crippen LogP) is 4.30. The first-order valence-electron chi connectivity index (χ1n) is 6.20. The van der Waals surface area contributed by atoms with E-state index in [1.54, 1.807) is 17.5 Å². The molecule has 0 bridgehead atoms. The van der Waals surface area contributed by atoms with Gasteiger partial charge in [-0.05, 0) is 29.6 Å². The summed E-state index contributed by atoms with van der Waals surface area (Å²) in [5.74, 6) is 0.737. The van der Waals surface area contributed by atoms with Crippen LogP contribution in [0.4, 0.5) is 13.2 Å². The molecule has 8 heteroatoms. The van der Waals surface area contributed by atoms with Gasteiger partial charge in [-0.1, -0.05) is 6.07 Å². The molecule has 0 unspecified atom stereocenters. The van der Waals surface area contributed by atoms with Crippen LogP contribution in [0.15, 0.2) is 45.4 Å². The quantitative estimate of drug-likeness (QED) is 0.722. The molecular weight excluding hydrogens is 333 g/mol. The average Bonchev–Trinajstić information content (AvgIpc) is 2.93. The molecule has 0 radical (unpaired) electrons. The monoisotopic (exact) mass is 342 g/mol. The van der Waals surface area contributed by atoms with E-state index in [-0.39, 0.29) is 5.56 Å². The molecule has 22 heavy (non-hydrogen) atoms. The Labute approximate surface area is 131 Å². The minimum Gasteiger partial charge on any atom is -0.309 e. The summed E-state index contributed by atoms with van der Waals surface area (Å²) in [6.07, 6.45) is -4.36. The summed E-state index contributed by atoms with van der Waals surface area (Å²) in [4.78, 5) is 19.2. The van der Waals surface area contributed by atoms with E-state index in [1.807, 2.05) is 0 Å². The molecule has 3 rings (SSSR count). The van der Waals surface area contributed by atoms with E-state index in [4.69, 9.17) is 0 Å². The topological polar surface area (TPSA) is 45.8 Å². The van der Waals surface area contributed by atoms with Crippen molar-refractivity contribution in [2.45, 2.75) is 16.8 Å². The van der Waals surface area contributed by atoms with Gasteiger partial charge in [0.2, 0.25) is 0 Å². The lowest BCUT2D eigenvalue weighted by molar-refractivity contribution is -0.137. The molecule has 0 atom stereocenters. The zero-order valence-corrected chi connectivity index (χ0v) is 12.6. The smallest absolute Gasteiger partial charge is 0.309 e. The number of rotatable bonds is 3. The largest absolute Gasteiger partial charge is 0.416 e. The maximum absolute atomic E-state index is 12.7. The van der Waals surface area contributed by atoms with Crippen LogP contribution < -0.4 is 5.56 Å². The van der Waals surface area contributed by atoms with Crippen LogP contribution in [0.2, 0.25) is 0 Å². The molecule has 0 aliphatic heterocycles. The van der Waals surface area contributed by atoms with Gasteiger partial charge in [-0.2, -0.15) is 13.2 Å². The van der Waals surface area contributed by atoms with Crippen LogP contribution in [0.25, 0.3) is 10.2 Å². The lowest BCUT2D eigenvalue weighted by atomic mass is 10.2. The molecule has 3 aromatic rings. The van der Waals surface area contributed by atoms with E-state index in [0.29, 0.717) is 26.7 Å². The van der Waals surface area contributed by atoms with Gasteiger partial charge in [0.25, 0.3) is 5.56 Å². The number of hydrogen-bond acceptors (Lipinski definition) is 4. The molecule has 0 amide bonds. The molecule has 0 aliphatic carbocycles. The number of fused-ring (bicyclic) bond motifs is 1. The van der Waals surface area contributed by atoms with Gasteiger partial charge in [-0.3, -0.25) is 4.79 Å². The second-order valence-electron chi connectivity index (χ2n) is 4.46. The summed E-state index contributed by atoms with van der Waals surface area (Å²) < 4.78 is 38.5. The summed E-state index contributed by atoms with van der Waals surface area (Å²) in [6, 6.07) is 6.83. The minimum atomic E-state index is -4.36. The number of halogens is 3. The van der Waals surface area contributed by atoms with Crippen molar-refractivity contribution in [3.63, 3.8) is 0 Å². The van der Waals surface area contributed by atoms with E-state index in [9.17, 15) is 18.0 Å². The van der Waals surface area contributed by atoms with E-state index < -0.39 is 11.7 Å². The van der Waals surface area contributed by atoms with E-state index in [1.165, 1.54) is 29.2 Å². The number of benzene rings is 1. The van der Waals surface area contributed by atoms with Gasteiger partial charge in [0.15, 0.2) is 0 Å². The highest BCUT2D eigenvalue weighted by Crippen LogP contribution is 2.32. The molecule has 3 nitrogen and oxygen atoms in total. The van der Waals surface area contributed by atoms with Gasteiger partial charge in [-0.25, -0.2) is 4.98 Å². The number of alkyl halides is 3. The highest BCUT2D eigenvalue weighted by Gasteiger charge is 2.30. The first-order valence-corrected chi connectivity index (χ1v) is 8.06. The molecule has 2 heterocycles. The Morgan fingerprint density at radius 3 is 2.86 bits per heavy atom. The van der Waals surface area contributed by atoms with Gasteiger partial charge < -0.3 is 4.98 Å². The molecule has 0 spiro atoms. The van der Waals surface area contributed by atoms with E-state index >= 15 is 0 Å². The van der Waals surface area contributed by atoms with Gasteiger partial charge in [0.05, 0.1) is 16.8 Å². The molecule has 1 N–H and O–H groups in total. The molecule has 0 fully saturated rings. The summed E-state index contributed by atoms with van der Waals surface area (Å²) in [6.45, 7) is 0. The molecule has 0 saturated heterocycles. The summed E-state index contributed by atoms with van der Waals surface area (Å²) in [5.41, 5.74) is -0.305. The van der Waals surface area contributed by atoms with Crippen LogP contribution in [-0.4, -0.2) is 9.97 Å². The number of H-pyrrole nitrogens is 1.